The van der Waals surface area contributed by atoms with E-state index in [0.717, 1.165) is 18.9 Å². The summed E-state index contributed by atoms with van der Waals surface area (Å²) in [6.45, 7) is 4.83. The van der Waals surface area contributed by atoms with Crippen LogP contribution in [0.1, 0.15) is 24.7 Å². The number of nitrogens with zero attached hydrogens (tertiary/aromatic N) is 4. The first kappa shape index (κ1) is 11.9. The molecular formula is C12H19N5. The average molecular weight is 233 g/mol. The molecule has 0 saturated carbocycles. The number of rotatable bonds is 6. The van der Waals surface area contributed by atoms with Gasteiger partial charge in [-0.15, -0.1) is 0 Å². The van der Waals surface area contributed by atoms with Crippen LogP contribution in [0.3, 0.4) is 0 Å². The third-order valence-corrected chi connectivity index (χ3v) is 2.55. The summed E-state index contributed by atoms with van der Waals surface area (Å²) in [4.78, 5) is 4.17. The molecule has 0 aliphatic rings. The zero-order valence-corrected chi connectivity index (χ0v) is 10.4. The molecule has 0 spiro atoms. The van der Waals surface area contributed by atoms with Gasteiger partial charge >= 0.3 is 0 Å². The zero-order valence-electron chi connectivity index (χ0n) is 10.4. The Kier molecular flexibility index (Phi) is 3.93. The van der Waals surface area contributed by atoms with Crippen molar-refractivity contribution in [2.24, 2.45) is 7.05 Å². The topological polar surface area (TPSA) is 47.7 Å². The van der Waals surface area contributed by atoms with Gasteiger partial charge in [-0.2, -0.15) is 5.10 Å². The highest BCUT2D eigenvalue weighted by Crippen LogP contribution is 2.02. The summed E-state index contributed by atoms with van der Waals surface area (Å²) in [5, 5.41) is 7.55. The fraction of sp³-hybridized carbons (Fsp3) is 0.500. The maximum Gasteiger partial charge on any atom is 0.164 e. The minimum atomic E-state index is 0.708. The lowest BCUT2D eigenvalue weighted by Gasteiger charge is -2.00. The third kappa shape index (κ3) is 3.42. The molecule has 0 radical (unpaired) electrons. The van der Waals surface area contributed by atoms with Crippen LogP contribution >= 0.6 is 0 Å². The predicted octanol–water partition coefficient (Wildman–Crippen LogP) is 1.32. The van der Waals surface area contributed by atoms with E-state index in [4.69, 9.17) is 0 Å². The fourth-order valence-corrected chi connectivity index (χ4v) is 1.78. The molecule has 0 aromatic carbocycles. The van der Waals surface area contributed by atoms with Gasteiger partial charge in [0.25, 0.3) is 0 Å². The van der Waals surface area contributed by atoms with Crippen LogP contribution < -0.4 is 5.32 Å². The molecule has 2 aromatic rings. The molecule has 5 nitrogen and oxygen atoms in total. The molecule has 0 amide bonds. The molecule has 1 N–H and O–H groups in total. The van der Waals surface area contributed by atoms with Gasteiger partial charge in [0.15, 0.2) is 5.82 Å². The summed E-state index contributed by atoms with van der Waals surface area (Å²) in [5.74, 6) is 0.834. The first-order chi connectivity index (χ1) is 8.28. The molecule has 92 valence electrons. The van der Waals surface area contributed by atoms with Gasteiger partial charge < -0.3 is 9.88 Å². The van der Waals surface area contributed by atoms with Gasteiger partial charge in [-0.1, -0.05) is 6.92 Å². The highest BCUT2D eigenvalue weighted by molar-refractivity contribution is 5.09. The second-order valence-electron chi connectivity index (χ2n) is 4.20. The molecule has 0 atom stereocenters. The Morgan fingerprint density at radius 1 is 1.35 bits per heavy atom. The second kappa shape index (κ2) is 5.63. The van der Waals surface area contributed by atoms with Gasteiger partial charge in [0.2, 0.25) is 0 Å². The molecule has 0 bridgehead atoms. The normalized spacial score (nSPS) is 10.9. The summed E-state index contributed by atoms with van der Waals surface area (Å²) in [5.41, 5.74) is 1.30. The molecule has 2 aromatic heterocycles. The molecule has 2 heterocycles. The average Bonchev–Trinajstić information content (AvgIpc) is 2.89. The molecule has 2 rings (SSSR count). The van der Waals surface area contributed by atoms with Crippen molar-refractivity contribution >= 4 is 0 Å². The van der Waals surface area contributed by atoms with Gasteiger partial charge in [0, 0.05) is 32.5 Å². The van der Waals surface area contributed by atoms with Crippen molar-refractivity contribution in [3.05, 3.63) is 36.2 Å². The maximum atomic E-state index is 4.21. The van der Waals surface area contributed by atoms with E-state index in [1.807, 2.05) is 7.05 Å². The van der Waals surface area contributed by atoms with Crippen LogP contribution in [-0.4, -0.2) is 19.3 Å². The Morgan fingerprint density at radius 3 is 2.94 bits per heavy atom. The summed E-state index contributed by atoms with van der Waals surface area (Å²) in [6.07, 6.45) is 7.19. The van der Waals surface area contributed by atoms with E-state index in [1.165, 1.54) is 12.0 Å². The van der Waals surface area contributed by atoms with Crippen molar-refractivity contribution in [1.82, 2.24) is 24.6 Å². The van der Waals surface area contributed by atoms with Crippen LogP contribution in [0.5, 0.6) is 0 Å². The standard InChI is InChI=1S/C12H19N5/c1-3-5-17-6-4-11(9-17)7-13-8-12-14-10-16(2)15-12/h4,6,9-10,13H,3,5,7-8H2,1-2H3. The smallest absolute Gasteiger partial charge is 0.164 e. The van der Waals surface area contributed by atoms with Crippen molar-refractivity contribution in [2.75, 3.05) is 0 Å². The molecule has 0 aliphatic carbocycles. The Morgan fingerprint density at radius 2 is 2.24 bits per heavy atom. The number of nitrogens with one attached hydrogen (secondary N) is 1. The predicted molar refractivity (Wildman–Crippen MR) is 66.3 cm³/mol. The van der Waals surface area contributed by atoms with Gasteiger partial charge in [-0.05, 0) is 18.1 Å². The van der Waals surface area contributed by atoms with Crippen molar-refractivity contribution in [1.29, 1.82) is 0 Å². The molecule has 0 fully saturated rings. The van der Waals surface area contributed by atoms with Gasteiger partial charge in [0.05, 0.1) is 6.54 Å². The van der Waals surface area contributed by atoms with Gasteiger partial charge in [0.1, 0.15) is 6.33 Å². The van der Waals surface area contributed by atoms with E-state index >= 15 is 0 Å². The lowest BCUT2D eigenvalue weighted by molar-refractivity contribution is 0.643. The highest BCUT2D eigenvalue weighted by Gasteiger charge is 1.99. The minimum Gasteiger partial charge on any atom is -0.354 e. The quantitative estimate of drug-likeness (QED) is 0.818. The fourth-order valence-electron chi connectivity index (χ4n) is 1.78. The molecule has 5 heteroatoms. The Balaban J connectivity index is 1.77. The Bertz CT molecular complexity index is 457. The summed E-state index contributed by atoms with van der Waals surface area (Å²) < 4.78 is 3.94. The van der Waals surface area contributed by atoms with Crippen LogP contribution in [0.2, 0.25) is 0 Å². The molecular weight excluding hydrogens is 214 g/mol. The van der Waals surface area contributed by atoms with E-state index in [1.54, 1.807) is 11.0 Å². The SMILES string of the molecule is CCCn1ccc(CNCc2ncn(C)n2)c1. The minimum absolute atomic E-state index is 0.708. The van der Waals surface area contributed by atoms with E-state index in [9.17, 15) is 0 Å². The van der Waals surface area contributed by atoms with Crippen LogP contribution in [0.15, 0.2) is 24.8 Å². The van der Waals surface area contributed by atoms with E-state index in [2.05, 4.69) is 45.4 Å². The lowest BCUT2D eigenvalue weighted by Crippen LogP contribution is -2.13. The first-order valence-corrected chi connectivity index (χ1v) is 5.98. The Labute approximate surface area is 101 Å². The number of hydrogen-bond acceptors (Lipinski definition) is 3. The lowest BCUT2D eigenvalue weighted by atomic mass is 10.3. The van der Waals surface area contributed by atoms with Crippen LogP contribution in [-0.2, 0) is 26.7 Å². The van der Waals surface area contributed by atoms with E-state index in [-0.39, 0.29) is 0 Å². The van der Waals surface area contributed by atoms with Crippen molar-refractivity contribution in [3.8, 4) is 0 Å². The van der Waals surface area contributed by atoms with Crippen molar-refractivity contribution < 1.29 is 0 Å². The van der Waals surface area contributed by atoms with Crippen molar-refractivity contribution in [3.63, 3.8) is 0 Å². The molecule has 0 unspecified atom stereocenters. The van der Waals surface area contributed by atoms with E-state index in [0.29, 0.717) is 6.54 Å². The van der Waals surface area contributed by atoms with E-state index < -0.39 is 0 Å². The summed E-state index contributed by atoms with van der Waals surface area (Å²) in [7, 11) is 1.88. The first-order valence-electron chi connectivity index (χ1n) is 5.98. The van der Waals surface area contributed by atoms with Crippen LogP contribution in [0, 0.1) is 0 Å². The van der Waals surface area contributed by atoms with Gasteiger partial charge in [-0.25, -0.2) is 4.98 Å². The largest absolute Gasteiger partial charge is 0.354 e. The summed E-state index contributed by atoms with van der Waals surface area (Å²) in [6, 6.07) is 2.15. The number of aryl methyl sites for hydroxylation is 2. The summed E-state index contributed by atoms with van der Waals surface area (Å²) >= 11 is 0. The molecule has 0 saturated heterocycles. The molecule has 0 aliphatic heterocycles. The van der Waals surface area contributed by atoms with Crippen molar-refractivity contribution in [2.45, 2.75) is 33.0 Å². The maximum absolute atomic E-state index is 4.21. The highest BCUT2D eigenvalue weighted by atomic mass is 15.3. The van der Waals surface area contributed by atoms with Gasteiger partial charge in [-0.3, -0.25) is 4.68 Å². The van der Waals surface area contributed by atoms with Crippen LogP contribution in [0.4, 0.5) is 0 Å². The number of hydrogen-bond donors (Lipinski definition) is 1. The number of aromatic nitrogens is 4. The monoisotopic (exact) mass is 233 g/mol. The second-order valence-corrected chi connectivity index (χ2v) is 4.20. The molecule has 17 heavy (non-hydrogen) atoms. The third-order valence-electron chi connectivity index (χ3n) is 2.55. The zero-order chi connectivity index (χ0) is 12.1. The van der Waals surface area contributed by atoms with Crippen LogP contribution in [0.25, 0.3) is 0 Å². The Hall–Kier alpha value is -1.62.